The number of para-hydroxylation sites is 1. The number of hydrogen-bond donors (Lipinski definition) is 0. The second-order valence-corrected chi connectivity index (χ2v) is 5.39. The average Bonchev–Trinajstić information content (AvgIpc) is 2.83. The van der Waals surface area contributed by atoms with E-state index in [-0.39, 0.29) is 0 Å². The molecule has 2 aliphatic heterocycles. The van der Waals surface area contributed by atoms with Crippen LogP contribution in [-0.2, 0) is 11.2 Å². The van der Waals surface area contributed by atoms with Gasteiger partial charge in [-0.3, -0.25) is 4.79 Å². The number of nitrogens with zero attached hydrogens (tertiary/aromatic N) is 1. The first kappa shape index (κ1) is 8.80. The number of fused-ring (bicyclic) bond motifs is 2. The van der Waals surface area contributed by atoms with Gasteiger partial charge in [-0.05, 0) is 42.7 Å². The first-order valence-corrected chi connectivity index (χ1v) is 6.24. The minimum absolute atomic E-state index is 0.354. The van der Waals surface area contributed by atoms with Crippen molar-refractivity contribution in [3.05, 3.63) is 29.8 Å². The number of hydrogen-bond acceptors (Lipinski definition) is 1. The summed E-state index contributed by atoms with van der Waals surface area (Å²) in [6.07, 6.45) is 4.54. The maximum atomic E-state index is 12.1. The molecule has 1 aliphatic carbocycles. The summed E-state index contributed by atoms with van der Waals surface area (Å²) in [5.41, 5.74) is 2.57. The molecule has 0 N–H and O–H groups in total. The van der Waals surface area contributed by atoms with Gasteiger partial charge in [-0.25, -0.2) is 0 Å². The lowest BCUT2D eigenvalue weighted by Crippen LogP contribution is -2.42. The Morgan fingerprint density at radius 3 is 2.69 bits per heavy atom. The van der Waals surface area contributed by atoms with Crippen LogP contribution in [0.4, 0.5) is 5.69 Å². The molecule has 3 atom stereocenters. The number of benzene rings is 1. The van der Waals surface area contributed by atoms with Crippen molar-refractivity contribution in [1.82, 2.24) is 0 Å². The quantitative estimate of drug-likeness (QED) is 0.648. The van der Waals surface area contributed by atoms with Gasteiger partial charge in [-0.2, -0.15) is 0 Å². The van der Waals surface area contributed by atoms with E-state index in [0.717, 1.165) is 12.3 Å². The zero-order valence-corrected chi connectivity index (χ0v) is 9.23. The number of carbonyl (C=O) groups is 1. The second-order valence-electron chi connectivity index (χ2n) is 5.39. The molecule has 1 aromatic carbocycles. The third kappa shape index (κ3) is 0.952. The number of carbonyl (C=O) groups excluding carboxylic acids is 1. The van der Waals surface area contributed by atoms with Gasteiger partial charge in [0.15, 0.2) is 0 Å². The third-order valence-corrected chi connectivity index (χ3v) is 4.61. The molecule has 2 fully saturated rings. The Morgan fingerprint density at radius 1 is 1.06 bits per heavy atom. The van der Waals surface area contributed by atoms with Crippen molar-refractivity contribution in [3.63, 3.8) is 0 Å². The van der Waals surface area contributed by atoms with Crippen molar-refractivity contribution >= 4 is 11.6 Å². The van der Waals surface area contributed by atoms with Crippen LogP contribution >= 0.6 is 0 Å². The fourth-order valence-corrected chi connectivity index (χ4v) is 4.01. The van der Waals surface area contributed by atoms with E-state index in [1.165, 1.54) is 30.5 Å². The van der Waals surface area contributed by atoms with Crippen LogP contribution in [0.3, 0.4) is 0 Å². The molecule has 1 amide bonds. The van der Waals surface area contributed by atoms with E-state index >= 15 is 0 Å². The molecule has 16 heavy (non-hydrogen) atoms. The predicted octanol–water partition coefficient (Wildman–Crippen LogP) is 2.37. The molecule has 4 rings (SSSR count). The van der Waals surface area contributed by atoms with E-state index in [0.29, 0.717) is 17.9 Å². The standard InChI is InChI=1S/C14H15NO/c16-13-8-11-6-5-10-7-9-3-1-2-4-12(9)15(13)14(10)11/h1-4,10-11,14H,5-8H2/t10-,11+,14+/m1/s1. The zero-order valence-electron chi connectivity index (χ0n) is 9.23. The molecule has 2 nitrogen and oxygen atoms in total. The van der Waals surface area contributed by atoms with Crippen LogP contribution in [0.25, 0.3) is 0 Å². The lowest BCUT2D eigenvalue weighted by Gasteiger charge is -2.36. The average molecular weight is 213 g/mol. The van der Waals surface area contributed by atoms with Crippen LogP contribution < -0.4 is 4.90 Å². The Morgan fingerprint density at radius 2 is 1.81 bits per heavy atom. The Kier molecular flexibility index (Phi) is 1.58. The van der Waals surface area contributed by atoms with E-state index in [1.54, 1.807) is 0 Å². The molecule has 2 heterocycles. The Labute approximate surface area is 95.3 Å². The highest BCUT2D eigenvalue weighted by Crippen LogP contribution is 2.49. The van der Waals surface area contributed by atoms with Gasteiger partial charge in [0.2, 0.25) is 5.91 Å². The van der Waals surface area contributed by atoms with E-state index in [4.69, 9.17) is 0 Å². The molecule has 0 unspecified atom stereocenters. The van der Waals surface area contributed by atoms with Crippen LogP contribution in [0, 0.1) is 11.8 Å². The maximum absolute atomic E-state index is 12.1. The maximum Gasteiger partial charge on any atom is 0.227 e. The SMILES string of the molecule is O=C1C[C@@H]2CC[C@@H]3Cc4ccccc4N1[C@@H]32. The van der Waals surface area contributed by atoms with Crippen LogP contribution in [0.15, 0.2) is 24.3 Å². The van der Waals surface area contributed by atoms with Crippen molar-refractivity contribution in [1.29, 1.82) is 0 Å². The minimum Gasteiger partial charge on any atom is -0.309 e. The van der Waals surface area contributed by atoms with Gasteiger partial charge in [0, 0.05) is 18.2 Å². The molecule has 0 aromatic heterocycles. The van der Waals surface area contributed by atoms with Crippen molar-refractivity contribution in [2.75, 3.05) is 4.90 Å². The van der Waals surface area contributed by atoms with Gasteiger partial charge in [-0.1, -0.05) is 18.2 Å². The smallest absolute Gasteiger partial charge is 0.227 e. The molecule has 1 aromatic rings. The highest BCUT2D eigenvalue weighted by Gasteiger charge is 2.50. The van der Waals surface area contributed by atoms with Gasteiger partial charge in [-0.15, -0.1) is 0 Å². The largest absolute Gasteiger partial charge is 0.309 e. The first-order chi connectivity index (χ1) is 7.84. The molecule has 3 aliphatic rings. The van der Waals surface area contributed by atoms with E-state index in [2.05, 4.69) is 29.2 Å². The van der Waals surface area contributed by atoms with Crippen LogP contribution in [0.2, 0.25) is 0 Å². The fraction of sp³-hybridized carbons (Fsp3) is 0.500. The zero-order chi connectivity index (χ0) is 10.7. The monoisotopic (exact) mass is 213 g/mol. The highest BCUT2D eigenvalue weighted by molar-refractivity contribution is 5.98. The number of rotatable bonds is 0. The molecule has 0 bridgehead atoms. The molecular weight excluding hydrogens is 198 g/mol. The van der Waals surface area contributed by atoms with Crippen molar-refractivity contribution in [3.8, 4) is 0 Å². The summed E-state index contributed by atoms with van der Waals surface area (Å²) in [4.78, 5) is 14.2. The summed E-state index contributed by atoms with van der Waals surface area (Å²) in [7, 11) is 0. The second kappa shape index (κ2) is 2.88. The highest BCUT2D eigenvalue weighted by atomic mass is 16.2. The molecule has 82 valence electrons. The van der Waals surface area contributed by atoms with E-state index < -0.39 is 0 Å². The third-order valence-electron chi connectivity index (χ3n) is 4.61. The molecule has 1 saturated heterocycles. The summed E-state index contributed by atoms with van der Waals surface area (Å²) in [6, 6.07) is 8.97. The van der Waals surface area contributed by atoms with Gasteiger partial charge in [0.1, 0.15) is 0 Å². The molecule has 0 spiro atoms. The lowest BCUT2D eigenvalue weighted by molar-refractivity contribution is -0.117. The van der Waals surface area contributed by atoms with Crippen molar-refractivity contribution in [2.45, 2.75) is 31.7 Å². The van der Waals surface area contributed by atoms with Gasteiger partial charge in [0.05, 0.1) is 0 Å². The lowest BCUT2D eigenvalue weighted by atomic mass is 9.87. The van der Waals surface area contributed by atoms with E-state index in [9.17, 15) is 4.79 Å². The molecular formula is C14H15NO. The Balaban J connectivity index is 1.90. The summed E-state index contributed by atoms with van der Waals surface area (Å²) < 4.78 is 0. The van der Waals surface area contributed by atoms with Gasteiger partial charge < -0.3 is 4.90 Å². The van der Waals surface area contributed by atoms with Gasteiger partial charge >= 0.3 is 0 Å². The van der Waals surface area contributed by atoms with Crippen LogP contribution in [0.5, 0.6) is 0 Å². The van der Waals surface area contributed by atoms with Crippen LogP contribution in [0.1, 0.15) is 24.8 Å². The molecule has 2 heteroatoms. The first-order valence-electron chi connectivity index (χ1n) is 6.24. The normalized spacial score (nSPS) is 35.1. The summed E-state index contributed by atoms with van der Waals surface area (Å²) >= 11 is 0. The fourth-order valence-electron chi connectivity index (χ4n) is 4.01. The number of anilines is 1. The Bertz CT molecular complexity index is 468. The summed E-state index contributed by atoms with van der Waals surface area (Å²) in [5.74, 6) is 1.73. The van der Waals surface area contributed by atoms with Crippen molar-refractivity contribution in [2.24, 2.45) is 11.8 Å². The topological polar surface area (TPSA) is 20.3 Å². The summed E-state index contributed by atoms with van der Waals surface area (Å²) in [6.45, 7) is 0. The predicted molar refractivity (Wildman–Crippen MR) is 62.3 cm³/mol. The van der Waals surface area contributed by atoms with E-state index in [1.807, 2.05) is 0 Å². The van der Waals surface area contributed by atoms with Crippen LogP contribution in [-0.4, -0.2) is 11.9 Å². The molecule has 1 saturated carbocycles. The molecule has 0 radical (unpaired) electrons. The minimum atomic E-state index is 0.354. The van der Waals surface area contributed by atoms with Crippen molar-refractivity contribution < 1.29 is 4.79 Å². The van der Waals surface area contributed by atoms with Gasteiger partial charge in [0.25, 0.3) is 0 Å². The summed E-state index contributed by atoms with van der Waals surface area (Å²) in [5, 5.41) is 0. The Hall–Kier alpha value is -1.31. The number of amides is 1.